The van der Waals surface area contributed by atoms with E-state index in [-0.39, 0.29) is 12.5 Å². The molecule has 124 valence electrons. The molecule has 24 heavy (non-hydrogen) atoms. The van der Waals surface area contributed by atoms with Crippen LogP contribution in [0.15, 0.2) is 52.0 Å². The Morgan fingerprint density at radius 1 is 1.33 bits per heavy atom. The molecule has 3 rings (SSSR count). The summed E-state index contributed by atoms with van der Waals surface area (Å²) in [5.74, 6) is 1.45. The summed E-state index contributed by atoms with van der Waals surface area (Å²) < 4.78 is 17.3. The Morgan fingerprint density at radius 2 is 2.12 bits per heavy atom. The topological polar surface area (TPSA) is 69.2 Å². The van der Waals surface area contributed by atoms with Crippen molar-refractivity contribution in [3.8, 4) is 17.2 Å². The highest BCUT2D eigenvalue weighted by Gasteiger charge is 2.26. The summed E-state index contributed by atoms with van der Waals surface area (Å²) in [5, 5.41) is 3.96. The van der Waals surface area contributed by atoms with Gasteiger partial charge in [0.05, 0.1) is 13.3 Å². The molecule has 0 fully saturated rings. The molecule has 1 N–H and O–H groups in total. The number of rotatable bonds is 4. The molecule has 1 aliphatic rings. The minimum atomic E-state index is -0.749. The number of fused-ring (bicyclic) bond motifs is 1. The van der Waals surface area contributed by atoms with Crippen molar-refractivity contribution in [2.45, 2.75) is 6.10 Å². The molecule has 0 saturated carbocycles. The molecular formula is C17H15BrN2O4. The highest BCUT2D eigenvalue weighted by Crippen LogP contribution is 2.30. The van der Waals surface area contributed by atoms with Gasteiger partial charge in [-0.25, -0.2) is 5.43 Å². The summed E-state index contributed by atoms with van der Waals surface area (Å²) in [5.41, 5.74) is 3.19. The third kappa shape index (κ3) is 3.68. The number of nitrogens with zero attached hydrogens (tertiary/aromatic N) is 1. The fourth-order valence-corrected chi connectivity index (χ4v) is 2.57. The van der Waals surface area contributed by atoms with Gasteiger partial charge in [-0.3, -0.25) is 4.79 Å². The van der Waals surface area contributed by atoms with Crippen molar-refractivity contribution in [1.29, 1.82) is 0 Å². The zero-order chi connectivity index (χ0) is 16.9. The van der Waals surface area contributed by atoms with Gasteiger partial charge >= 0.3 is 0 Å². The first kappa shape index (κ1) is 16.3. The van der Waals surface area contributed by atoms with Gasteiger partial charge in [-0.2, -0.15) is 5.10 Å². The maximum Gasteiger partial charge on any atom is 0.284 e. The number of hydrogen-bond donors (Lipinski definition) is 1. The maximum absolute atomic E-state index is 12.1. The minimum absolute atomic E-state index is 0.137. The molecule has 0 radical (unpaired) electrons. The van der Waals surface area contributed by atoms with Crippen LogP contribution in [0.25, 0.3) is 0 Å². The van der Waals surface area contributed by atoms with E-state index >= 15 is 0 Å². The van der Waals surface area contributed by atoms with Gasteiger partial charge < -0.3 is 14.2 Å². The number of nitrogens with one attached hydrogen (secondary N) is 1. The van der Waals surface area contributed by atoms with E-state index in [4.69, 9.17) is 14.2 Å². The van der Waals surface area contributed by atoms with E-state index in [2.05, 4.69) is 26.5 Å². The molecule has 0 aromatic heterocycles. The lowest BCUT2D eigenvalue weighted by molar-refractivity contribution is -0.130. The summed E-state index contributed by atoms with van der Waals surface area (Å²) in [6.45, 7) is 0.137. The highest BCUT2D eigenvalue weighted by atomic mass is 79.9. The molecule has 0 saturated heterocycles. The van der Waals surface area contributed by atoms with Crippen LogP contribution in [0.2, 0.25) is 0 Å². The van der Waals surface area contributed by atoms with Crippen LogP contribution in [-0.2, 0) is 4.79 Å². The number of hydrogen-bond acceptors (Lipinski definition) is 5. The Morgan fingerprint density at radius 3 is 2.92 bits per heavy atom. The van der Waals surface area contributed by atoms with Gasteiger partial charge in [0.15, 0.2) is 11.5 Å². The Balaban J connectivity index is 1.63. The van der Waals surface area contributed by atoms with Crippen LogP contribution >= 0.6 is 15.9 Å². The van der Waals surface area contributed by atoms with Crippen LogP contribution < -0.4 is 19.6 Å². The first-order valence-corrected chi connectivity index (χ1v) is 8.01. The second-order valence-corrected chi connectivity index (χ2v) is 5.90. The minimum Gasteiger partial charge on any atom is -0.496 e. The first-order chi connectivity index (χ1) is 11.7. The van der Waals surface area contributed by atoms with E-state index < -0.39 is 6.10 Å². The average molecular weight is 391 g/mol. The number of benzene rings is 2. The van der Waals surface area contributed by atoms with Crippen LogP contribution in [0.1, 0.15) is 5.56 Å². The molecule has 7 heteroatoms. The number of para-hydroxylation sites is 2. The molecule has 1 heterocycles. The predicted octanol–water partition coefficient (Wildman–Crippen LogP) is 2.75. The van der Waals surface area contributed by atoms with Crippen LogP contribution in [-0.4, -0.2) is 31.9 Å². The number of carbonyl (C=O) groups is 1. The zero-order valence-electron chi connectivity index (χ0n) is 12.9. The fraction of sp³-hybridized carbons (Fsp3) is 0.176. The molecule has 2 aromatic carbocycles. The first-order valence-electron chi connectivity index (χ1n) is 7.22. The predicted molar refractivity (Wildman–Crippen MR) is 92.8 cm³/mol. The molecule has 1 amide bonds. The number of amides is 1. The van der Waals surface area contributed by atoms with Crippen LogP contribution in [0.4, 0.5) is 0 Å². The van der Waals surface area contributed by atoms with Crippen LogP contribution in [0.5, 0.6) is 17.2 Å². The molecule has 0 aliphatic carbocycles. The number of halogens is 1. The summed E-state index contributed by atoms with van der Waals surface area (Å²) in [4.78, 5) is 12.1. The number of carbonyl (C=O) groups excluding carboxylic acids is 1. The maximum atomic E-state index is 12.1. The monoisotopic (exact) mass is 390 g/mol. The van der Waals surface area contributed by atoms with Crippen molar-refractivity contribution in [2.24, 2.45) is 5.10 Å². The van der Waals surface area contributed by atoms with E-state index in [1.165, 1.54) is 6.21 Å². The van der Waals surface area contributed by atoms with Gasteiger partial charge in [0.2, 0.25) is 6.10 Å². The normalized spacial score (nSPS) is 16.0. The largest absolute Gasteiger partial charge is 0.496 e. The smallest absolute Gasteiger partial charge is 0.284 e. The number of ether oxygens (including phenoxy) is 3. The molecule has 1 aliphatic heterocycles. The SMILES string of the molecule is COc1ccc(Br)cc1/C=N/NC(=O)C1COc2ccccc2O1. The number of methoxy groups -OCH3 is 1. The number of hydrazone groups is 1. The molecule has 1 atom stereocenters. The molecule has 6 nitrogen and oxygen atoms in total. The Kier molecular flexibility index (Phi) is 5.00. The van der Waals surface area contributed by atoms with E-state index in [0.717, 1.165) is 10.0 Å². The van der Waals surface area contributed by atoms with Gasteiger partial charge in [-0.05, 0) is 30.3 Å². The third-order valence-corrected chi connectivity index (χ3v) is 3.86. The van der Waals surface area contributed by atoms with Crippen molar-refractivity contribution >= 4 is 28.1 Å². The Hall–Kier alpha value is -2.54. The zero-order valence-corrected chi connectivity index (χ0v) is 14.4. The lowest BCUT2D eigenvalue weighted by Crippen LogP contribution is -2.42. The van der Waals surface area contributed by atoms with Crippen molar-refractivity contribution in [3.05, 3.63) is 52.5 Å². The van der Waals surface area contributed by atoms with Crippen molar-refractivity contribution in [3.63, 3.8) is 0 Å². The Bertz CT molecular complexity index is 779. The highest BCUT2D eigenvalue weighted by molar-refractivity contribution is 9.10. The van der Waals surface area contributed by atoms with Gasteiger partial charge in [0, 0.05) is 10.0 Å². The molecule has 2 aromatic rings. The van der Waals surface area contributed by atoms with Crippen molar-refractivity contribution in [1.82, 2.24) is 5.43 Å². The molecule has 0 bridgehead atoms. The summed E-state index contributed by atoms with van der Waals surface area (Å²) in [6.07, 6.45) is 0.764. The van der Waals surface area contributed by atoms with Gasteiger partial charge in [-0.1, -0.05) is 28.1 Å². The van der Waals surface area contributed by atoms with Crippen molar-refractivity contribution in [2.75, 3.05) is 13.7 Å². The second-order valence-electron chi connectivity index (χ2n) is 4.98. The second kappa shape index (κ2) is 7.35. The Labute approximate surface area is 147 Å². The van der Waals surface area contributed by atoms with Gasteiger partial charge in [-0.15, -0.1) is 0 Å². The third-order valence-electron chi connectivity index (χ3n) is 3.37. The van der Waals surface area contributed by atoms with E-state index in [1.807, 2.05) is 30.3 Å². The van der Waals surface area contributed by atoms with Gasteiger partial charge in [0.1, 0.15) is 12.4 Å². The molecular weight excluding hydrogens is 376 g/mol. The van der Waals surface area contributed by atoms with E-state index in [0.29, 0.717) is 17.2 Å². The summed E-state index contributed by atoms with van der Waals surface area (Å²) in [6, 6.07) is 12.7. The van der Waals surface area contributed by atoms with Crippen LogP contribution in [0, 0.1) is 0 Å². The van der Waals surface area contributed by atoms with Gasteiger partial charge in [0.25, 0.3) is 5.91 Å². The molecule has 0 spiro atoms. The van der Waals surface area contributed by atoms with Crippen molar-refractivity contribution < 1.29 is 19.0 Å². The van der Waals surface area contributed by atoms with E-state index in [9.17, 15) is 4.79 Å². The van der Waals surface area contributed by atoms with E-state index in [1.54, 1.807) is 19.2 Å². The fourth-order valence-electron chi connectivity index (χ4n) is 2.19. The summed E-state index contributed by atoms with van der Waals surface area (Å²) >= 11 is 3.38. The lowest BCUT2D eigenvalue weighted by Gasteiger charge is -2.24. The summed E-state index contributed by atoms with van der Waals surface area (Å²) in [7, 11) is 1.57. The standard InChI is InChI=1S/C17H15BrN2O4/c1-22-13-7-6-12(18)8-11(13)9-19-20-17(21)16-10-23-14-4-2-3-5-15(14)24-16/h2-9,16H,10H2,1H3,(H,20,21)/b19-9+. The molecule has 1 unspecified atom stereocenters. The van der Waals surface area contributed by atoms with Crippen LogP contribution in [0.3, 0.4) is 0 Å². The lowest BCUT2D eigenvalue weighted by atomic mass is 10.2. The average Bonchev–Trinajstić information content (AvgIpc) is 2.61. The quantitative estimate of drug-likeness (QED) is 0.643.